The van der Waals surface area contributed by atoms with E-state index in [1.165, 1.54) is 11.3 Å². The Morgan fingerprint density at radius 3 is 2.56 bits per heavy atom. The van der Waals surface area contributed by atoms with Crippen molar-refractivity contribution in [1.82, 2.24) is 4.90 Å². The van der Waals surface area contributed by atoms with E-state index in [4.69, 9.17) is 9.47 Å². The van der Waals surface area contributed by atoms with Gasteiger partial charge in [0.1, 0.15) is 0 Å². The third-order valence-electron chi connectivity index (χ3n) is 4.38. The number of hydrogen-bond donors (Lipinski definition) is 0. The van der Waals surface area contributed by atoms with Crippen molar-refractivity contribution in [3.8, 4) is 11.5 Å². The number of hydrogen-bond acceptors (Lipinski definition) is 5. The molecule has 3 rings (SSSR count). The number of aryl methyl sites for hydroxylation is 1. The van der Waals surface area contributed by atoms with Crippen LogP contribution in [0.3, 0.4) is 0 Å². The van der Waals surface area contributed by atoms with Gasteiger partial charge in [0.25, 0.3) is 5.91 Å². The Hall–Kier alpha value is -2.34. The topological polar surface area (TPSA) is 55.8 Å². The molecule has 6 heteroatoms. The SMILES string of the molecule is COc1cc(C)ccc1OC(=O)C1CCN(C(=O)c2cccs2)CC1. The first-order chi connectivity index (χ1) is 12.1. The van der Waals surface area contributed by atoms with Crippen LogP contribution in [0.5, 0.6) is 11.5 Å². The molecule has 5 nitrogen and oxygen atoms in total. The summed E-state index contributed by atoms with van der Waals surface area (Å²) in [5.74, 6) is 0.583. The molecular weight excluding hydrogens is 338 g/mol. The monoisotopic (exact) mass is 359 g/mol. The van der Waals surface area contributed by atoms with Gasteiger partial charge in [0, 0.05) is 13.1 Å². The van der Waals surface area contributed by atoms with Gasteiger partial charge in [0.2, 0.25) is 0 Å². The zero-order chi connectivity index (χ0) is 17.8. The van der Waals surface area contributed by atoms with Gasteiger partial charge in [-0.2, -0.15) is 0 Å². The smallest absolute Gasteiger partial charge is 0.314 e. The number of piperidine rings is 1. The van der Waals surface area contributed by atoms with Gasteiger partial charge in [-0.25, -0.2) is 0 Å². The molecule has 0 bridgehead atoms. The molecule has 25 heavy (non-hydrogen) atoms. The molecule has 1 aliphatic heterocycles. The van der Waals surface area contributed by atoms with Crippen LogP contribution in [0, 0.1) is 12.8 Å². The number of amides is 1. The average molecular weight is 359 g/mol. The lowest BCUT2D eigenvalue weighted by Crippen LogP contribution is -2.40. The summed E-state index contributed by atoms with van der Waals surface area (Å²) in [4.78, 5) is 27.3. The Balaban J connectivity index is 1.58. The summed E-state index contributed by atoms with van der Waals surface area (Å²) >= 11 is 1.44. The molecule has 1 aliphatic rings. The fourth-order valence-electron chi connectivity index (χ4n) is 2.93. The number of carbonyl (C=O) groups is 2. The highest BCUT2D eigenvalue weighted by atomic mass is 32.1. The van der Waals surface area contributed by atoms with Gasteiger partial charge in [-0.3, -0.25) is 9.59 Å². The highest BCUT2D eigenvalue weighted by Crippen LogP contribution is 2.30. The van der Waals surface area contributed by atoms with Crippen molar-refractivity contribution in [2.24, 2.45) is 5.92 Å². The number of nitrogens with zero attached hydrogens (tertiary/aromatic N) is 1. The average Bonchev–Trinajstić information content (AvgIpc) is 3.17. The molecule has 1 aromatic heterocycles. The molecule has 0 spiro atoms. The largest absolute Gasteiger partial charge is 0.493 e. The zero-order valence-corrected chi connectivity index (χ0v) is 15.2. The molecular formula is C19H21NO4S. The number of ether oxygens (including phenoxy) is 2. The minimum atomic E-state index is -0.259. The van der Waals surface area contributed by atoms with Crippen LogP contribution in [-0.2, 0) is 4.79 Å². The third kappa shape index (κ3) is 4.02. The van der Waals surface area contributed by atoms with Crippen molar-refractivity contribution < 1.29 is 19.1 Å². The maximum Gasteiger partial charge on any atom is 0.314 e. The van der Waals surface area contributed by atoms with Crippen molar-refractivity contribution in [3.63, 3.8) is 0 Å². The minimum absolute atomic E-state index is 0.0435. The lowest BCUT2D eigenvalue weighted by Gasteiger charge is -2.30. The van der Waals surface area contributed by atoms with Crippen LogP contribution >= 0.6 is 11.3 Å². The molecule has 1 amide bonds. The number of thiophene rings is 1. The number of likely N-dealkylation sites (tertiary alicyclic amines) is 1. The maximum absolute atomic E-state index is 12.4. The summed E-state index contributed by atoms with van der Waals surface area (Å²) in [5, 5.41) is 1.90. The van der Waals surface area contributed by atoms with E-state index in [1.54, 1.807) is 13.2 Å². The number of benzene rings is 1. The van der Waals surface area contributed by atoms with E-state index in [0.717, 1.165) is 10.4 Å². The van der Waals surface area contributed by atoms with E-state index >= 15 is 0 Å². The third-order valence-corrected chi connectivity index (χ3v) is 5.23. The van der Waals surface area contributed by atoms with Gasteiger partial charge in [0.15, 0.2) is 11.5 Å². The summed E-state index contributed by atoms with van der Waals surface area (Å²) in [5.41, 5.74) is 1.04. The van der Waals surface area contributed by atoms with Crippen molar-refractivity contribution in [3.05, 3.63) is 46.2 Å². The van der Waals surface area contributed by atoms with Gasteiger partial charge in [0.05, 0.1) is 17.9 Å². The van der Waals surface area contributed by atoms with Gasteiger partial charge < -0.3 is 14.4 Å². The van der Waals surface area contributed by atoms with Crippen molar-refractivity contribution in [2.45, 2.75) is 19.8 Å². The van der Waals surface area contributed by atoms with Crippen LogP contribution in [0.4, 0.5) is 0 Å². The molecule has 0 radical (unpaired) electrons. The first-order valence-corrected chi connectivity index (χ1v) is 9.15. The Morgan fingerprint density at radius 1 is 1.16 bits per heavy atom. The Morgan fingerprint density at radius 2 is 1.92 bits per heavy atom. The summed E-state index contributed by atoms with van der Waals surface area (Å²) in [6, 6.07) is 9.17. The highest BCUT2D eigenvalue weighted by Gasteiger charge is 2.29. The lowest BCUT2D eigenvalue weighted by atomic mass is 9.97. The highest BCUT2D eigenvalue weighted by molar-refractivity contribution is 7.12. The van der Waals surface area contributed by atoms with Crippen molar-refractivity contribution >= 4 is 23.2 Å². The second kappa shape index (κ2) is 7.70. The van der Waals surface area contributed by atoms with Gasteiger partial charge in [-0.1, -0.05) is 12.1 Å². The summed E-state index contributed by atoms with van der Waals surface area (Å²) < 4.78 is 10.8. The number of carbonyl (C=O) groups excluding carboxylic acids is 2. The summed E-state index contributed by atoms with van der Waals surface area (Å²) in [6.07, 6.45) is 1.23. The van der Waals surface area contributed by atoms with Crippen LogP contribution in [0.1, 0.15) is 28.1 Å². The zero-order valence-electron chi connectivity index (χ0n) is 14.4. The molecule has 2 heterocycles. The number of rotatable bonds is 4. The molecule has 0 unspecified atom stereocenters. The molecule has 0 aliphatic carbocycles. The van der Waals surface area contributed by atoms with Gasteiger partial charge in [-0.05, 0) is 48.9 Å². The van der Waals surface area contributed by atoms with E-state index in [1.807, 2.05) is 41.5 Å². The second-order valence-corrected chi connectivity index (χ2v) is 7.07. The quantitative estimate of drug-likeness (QED) is 0.619. The van der Waals surface area contributed by atoms with Gasteiger partial charge in [-0.15, -0.1) is 11.3 Å². The number of methoxy groups -OCH3 is 1. The first-order valence-electron chi connectivity index (χ1n) is 8.27. The standard InChI is InChI=1S/C19H21NO4S/c1-13-5-6-15(16(12-13)23-2)24-19(22)14-7-9-20(10-8-14)18(21)17-4-3-11-25-17/h3-6,11-12,14H,7-10H2,1-2H3. The first kappa shape index (κ1) is 17.5. The summed E-state index contributed by atoms with van der Waals surface area (Å²) in [7, 11) is 1.56. The van der Waals surface area contributed by atoms with Crippen molar-refractivity contribution in [1.29, 1.82) is 0 Å². The molecule has 1 aromatic carbocycles. The molecule has 0 atom stereocenters. The molecule has 1 saturated heterocycles. The van der Waals surface area contributed by atoms with E-state index in [9.17, 15) is 9.59 Å². The van der Waals surface area contributed by atoms with E-state index < -0.39 is 0 Å². The number of esters is 1. The predicted molar refractivity (Wildman–Crippen MR) is 96.3 cm³/mol. The van der Waals surface area contributed by atoms with E-state index in [2.05, 4.69) is 0 Å². The fraction of sp³-hybridized carbons (Fsp3) is 0.368. The second-order valence-electron chi connectivity index (χ2n) is 6.12. The normalized spacial score (nSPS) is 15.0. The molecule has 0 saturated carbocycles. The predicted octanol–water partition coefficient (Wildman–Crippen LogP) is 3.52. The fourth-order valence-corrected chi connectivity index (χ4v) is 3.62. The van der Waals surface area contributed by atoms with Crippen LogP contribution < -0.4 is 9.47 Å². The van der Waals surface area contributed by atoms with Crippen LogP contribution in [0.25, 0.3) is 0 Å². The van der Waals surface area contributed by atoms with E-state index in [-0.39, 0.29) is 17.8 Å². The molecule has 1 fully saturated rings. The summed E-state index contributed by atoms with van der Waals surface area (Å²) in [6.45, 7) is 3.09. The minimum Gasteiger partial charge on any atom is -0.493 e. The van der Waals surface area contributed by atoms with Crippen molar-refractivity contribution in [2.75, 3.05) is 20.2 Å². The maximum atomic E-state index is 12.4. The Labute approximate surface area is 151 Å². The Kier molecular flexibility index (Phi) is 5.38. The van der Waals surface area contributed by atoms with Gasteiger partial charge >= 0.3 is 5.97 Å². The van der Waals surface area contributed by atoms with Crippen LogP contribution in [-0.4, -0.2) is 37.0 Å². The molecule has 0 N–H and O–H groups in total. The molecule has 132 valence electrons. The lowest BCUT2D eigenvalue weighted by molar-refractivity contribution is -0.140. The van der Waals surface area contributed by atoms with Crippen LogP contribution in [0.2, 0.25) is 0 Å². The van der Waals surface area contributed by atoms with Crippen LogP contribution in [0.15, 0.2) is 35.7 Å². The Bertz CT molecular complexity index is 749. The molecule has 2 aromatic rings. The van der Waals surface area contributed by atoms with E-state index in [0.29, 0.717) is 37.4 Å².